The predicted octanol–water partition coefficient (Wildman–Crippen LogP) is 4.93. The number of hydrogen-bond acceptors (Lipinski definition) is 9. The summed E-state index contributed by atoms with van der Waals surface area (Å²) in [6, 6.07) is 15.8. The number of fused-ring (bicyclic) bond motifs is 1. The first-order chi connectivity index (χ1) is 26.0. The van der Waals surface area contributed by atoms with Crippen molar-refractivity contribution in [2.75, 3.05) is 46.3 Å². The van der Waals surface area contributed by atoms with E-state index in [2.05, 4.69) is 10.2 Å². The highest BCUT2D eigenvalue weighted by molar-refractivity contribution is 6.42. The number of non-ortho nitro benzene ring substituents is 1. The summed E-state index contributed by atoms with van der Waals surface area (Å²) < 4.78 is 0. The number of nitro benzene ring substituents is 1. The van der Waals surface area contributed by atoms with E-state index in [1.807, 2.05) is 17.0 Å². The summed E-state index contributed by atoms with van der Waals surface area (Å²) in [5, 5.41) is 50.3. The number of aliphatic carboxylic acids is 3. The summed E-state index contributed by atoms with van der Waals surface area (Å²) in [5.74, 6) is -5.16. The van der Waals surface area contributed by atoms with E-state index < -0.39 is 41.3 Å². The van der Waals surface area contributed by atoms with Crippen LogP contribution in [0.15, 0.2) is 54.6 Å². The molecule has 0 bridgehead atoms. The first-order valence-corrected chi connectivity index (χ1v) is 18.3. The van der Waals surface area contributed by atoms with Crippen LogP contribution in [0.1, 0.15) is 60.4 Å². The number of amides is 3. The SMILES string of the molecule is CN(CC(CCN1CCC(N2CCCNC2=O)CC1)c1ccc(Cl)c(Cl)c1)C(=O)c1cccc2cc([N+](=O)[O-])ccc12.O=C(O)CC(O)(CC(=O)O)C(=O)O. The Morgan fingerprint density at radius 2 is 1.65 bits per heavy atom. The Balaban J connectivity index is 0.000000444. The largest absolute Gasteiger partial charge is 0.481 e. The molecule has 2 saturated heterocycles. The number of aliphatic hydroxyl groups is 1. The maximum atomic E-state index is 13.7. The normalized spacial score (nSPS) is 15.7. The van der Waals surface area contributed by atoms with E-state index in [0.717, 1.165) is 64.0 Å². The van der Waals surface area contributed by atoms with E-state index in [1.54, 1.807) is 42.3 Å². The average Bonchev–Trinajstić information content (AvgIpc) is 3.13. The van der Waals surface area contributed by atoms with E-state index in [-0.39, 0.29) is 29.6 Å². The summed E-state index contributed by atoms with van der Waals surface area (Å²) in [6.07, 6.45) is 1.41. The molecule has 55 heavy (non-hydrogen) atoms. The molecule has 18 heteroatoms. The quantitative estimate of drug-likeness (QED) is 0.108. The number of carboxylic acids is 3. The van der Waals surface area contributed by atoms with Crippen molar-refractivity contribution < 1.29 is 49.3 Å². The molecule has 2 fully saturated rings. The van der Waals surface area contributed by atoms with Crippen molar-refractivity contribution in [1.29, 1.82) is 0 Å². The van der Waals surface area contributed by atoms with Crippen LogP contribution >= 0.6 is 23.2 Å². The van der Waals surface area contributed by atoms with Gasteiger partial charge in [0.2, 0.25) is 0 Å². The van der Waals surface area contributed by atoms with Gasteiger partial charge in [0, 0.05) is 69.4 Å². The number of carbonyl (C=O) groups excluding carboxylic acids is 2. The van der Waals surface area contributed by atoms with Gasteiger partial charge in [0.15, 0.2) is 5.60 Å². The minimum absolute atomic E-state index is 0.00961. The highest BCUT2D eigenvalue weighted by atomic mass is 35.5. The maximum Gasteiger partial charge on any atom is 0.336 e. The third-order valence-electron chi connectivity index (χ3n) is 9.75. The molecule has 0 saturated carbocycles. The molecular formula is C37H43Cl2N5O11. The number of nitro groups is 1. The van der Waals surface area contributed by atoms with Gasteiger partial charge in [-0.15, -0.1) is 0 Å². The van der Waals surface area contributed by atoms with Crippen LogP contribution in [0.25, 0.3) is 10.8 Å². The molecular weight excluding hydrogens is 761 g/mol. The molecule has 16 nitrogen and oxygen atoms in total. The van der Waals surface area contributed by atoms with E-state index in [4.69, 9.17) is 43.6 Å². The number of rotatable bonds is 14. The number of piperidine rings is 1. The van der Waals surface area contributed by atoms with Crippen LogP contribution in [0.3, 0.4) is 0 Å². The van der Waals surface area contributed by atoms with E-state index in [9.17, 15) is 34.1 Å². The number of likely N-dealkylation sites (tertiary alicyclic amines) is 1. The second-order valence-corrected chi connectivity index (χ2v) is 14.5. The zero-order valence-electron chi connectivity index (χ0n) is 30.0. The van der Waals surface area contributed by atoms with Crippen molar-refractivity contribution >= 4 is 69.5 Å². The molecule has 2 heterocycles. The Kier molecular flexibility index (Phi) is 14.8. The fourth-order valence-electron chi connectivity index (χ4n) is 6.82. The lowest BCUT2D eigenvalue weighted by Crippen LogP contribution is -2.54. The summed E-state index contributed by atoms with van der Waals surface area (Å²) in [7, 11) is 1.78. The molecule has 2 aliphatic heterocycles. The Morgan fingerprint density at radius 1 is 0.982 bits per heavy atom. The Labute approximate surface area is 326 Å². The number of likely N-dealkylation sites (N-methyl/N-ethyl adjacent to an activating group) is 1. The molecule has 5 N–H and O–H groups in total. The van der Waals surface area contributed by atoms with E-state index in [1.165, 1.54) is 12.1 Å². The summed E-state index contributed by atoms with van der Waals surface area (Å²) in [4.78, 5) is 73.4. The van der Waals surface area contributed by atoms with Gasteiger partial charge in [0.25, 0.3) is 11.6 Å². The number of hydrogen-bond donors (Lipinski definition) is 5. The van der Waals surface area contributed by atoms with Crippen molar-refractivity contribution in [3.63, 3.8) is 0 Å². The number of nitrogens with zero attached hydrogens (tertiary/aromatic N) is 4. The van der Waals surface area contributed by atoms with Crippen LogP contribution in [0, 0.1) is 10.1 Å². The first-order valence-electron chi connectivity index (χ1n) is 17.5. The molecule has 0 spiro atoms. The number of carbonyl (C=O) groups is 5. The molecule has 1 unspecified atom stereocenters. The first kappa shape index (κ1) is 42.7. The molecule has 0 aromatic heterocycles. The Morgan fingerprint density at radius 3 is 2.24 bits per heavy atom. The molecule has 5 rings (SSSR count). The van der Waals surface area contributed by atoms with Crippen LogP contribution < -0.4 is 5.32 Å². The minimum atomic E-state index is -2.74. The number of halogens is 2. The molecule has 0 aliphatic carbocycles. The van der Waals surface area contributed by atoms with Crippen LogP contribution in [0.5, 0.6) is 0 Å². The third-order valence-corrected chi connectivity index (χ3v) is 10.5. The number of nitrogens with one attached hydrogen (secondary N) is 1. The molecule has 1 atom stereocenters. The second-order valence-electron chi connectivity index (χ2n) is 13.6. The lowest BCUT2D eigenvalue weighted by atomic mass is 9.93. The van der Waals surface area contributed by atoms with Gasteiger partial charge in [0.1, 0.15) is 0 Å². The van der Waals surface area contributed by atoms with Gasteiger partial charge in [0.05, 0.1) is 27.8 Å². The van der Waals surface area contributed by atoms with Crippen LogP contribution in [0.4, 0.5) is 10.5 Å². The van der Waals surface area contributed by atoms with Gasteiger partial charge in [-0.3, -0.25) is 24.5 Å². The van der Waals surface area contributed by atoms with Crippen molar-refractivity contribution in [3.05, 3.63) is 85.9 Å². The maximum absolute atomic E-state index is 13.7. The monoisotopic (exact) mass is 803 g/mol. The smallest absolute Gasteiger partial charge is 0.336 e. The molecule has 3 aromatic carbocycles. The lowest BCUT2D eigenvalue weighted by Gasteiger charge is -2.40. The topological polar surface area (TPSA) is 231 Å². The molecule has 2 aliphatic rings. The summed E-state index contributed by atoms with van der Waals surface area (Å²) >= 11 is 12.6. The molecule has 0 radical (unpaired) electrons. The standard InChI is InChI=1S/C31H35Cl2N5O4.C6H8O7/c1-35(30(39)27-5-2-4-22-18-25(38(41)42)7-8-26(22)27)20-23(21-6-9-28(32)29(33)19-21)10-15-36-16-11-24(12-17-36)37-14-3-13-34-31(37)40;7-3(8)1-6(13,5(11)12)2-4(9)10/h2,4-9,18-19,23-24H,3,10-17,20H2,1H3,(H,34,40);13H,1-2H2,(H,7,8)(H,9,10)(H,11,12). The highest BCUT2D eigenvalue weighted by Gasteiger charge is 2.41. The van der Waals surface area contributed by atoms with Crippen LogP contribution in [-0.4, -0.2) is 128 Å². The van der Waals surface area contributed by atoms with Crippen molar-refractivity contribution in [2.45, 2.75) is 56.1 Å². The number of carboxylic acid groups (broad SMARTS) is 3. The fourth-order valence-corrected chi connectivity index (χ4v) is 7.13. The lowest BCUT2D eigenvalue weighted by molar-refractivity contribution is -0.384. The van der Waals surface area contributed by atoms with Crippen molar-refractivity contribution in [2.24, 2.45) is 0 Å². The van der Waals surface area contributed by atoms with Crippen molar-refractivity contribution in [1.82, 2.24) is 20.0 Å². The average molecular weight is 805 g/mol. The van der Waals surface area contributed by atoms with Gasteiger partial charge in [-0.25, -0.2) is 9.59 Å². The number of urea groups is 1. The highest BCUT2D eigenvalue weighted by Crippen LogP contribution is 2.31. The van der Waals surface area contributed by atoms with Crippen LogP contribution in [0.2, 0.25) is 10.0 Å². The molecule has 296 valence electrons. The second kappa shape index (κ2) is 19.0. The fraction of sp³-hybridized carbons (Fsp3) is 0.432. The van der Waals surface area contributed by atoms with Gasteiger partial charge in [-0.1, -0.05) is 41.4 Å². The van der Waals surface area contributed by atoms with Crippen LogP contribution in [-0.2, 0) is 14.4 Å². The van der Waals surface area contributed by atoms with Gasteiger partial charge in [-0.2, -0.15) is 0 Å². The van der Waals surface area contributed by atoms with Gasteiger partial charge >= 0.3 is 23.9 Å². The number of benzene rings is 3. The molecule has 3 aromatic rings. The Bertz CT molecular complexity index is 1910. The van der Waals surface area contributed by atoms with E-state index >= 15 is 0 Å². The Hall–Kier alpha value is -5.03. The van der Waals surface area contributed by atoms with Gasteiger partial charge in [-0.05, 0) is 72.8 Å². The summed E-state index contributed by atoms with van der Waals surface area (Å²) in [6.45, 7) is 4.72. The summed E-state index contributed by atoms with van der Waals surface area (Å²) in [5.41, 5.74) is -1.24. The van der Waals surface area contributed by atoms with E-state index in [0.29, 0.717) is 32.9 Å². The van der Waals surface area contributed by atoms with Crippen molar-refractivity contribution in [3.8, 4) is 0 Å². The zero-order chi connectivity index (χ0) is 40.4. The van der Waals surface area contributed by atoms with Gasteiger partial charge < -0.3 is 40.4 Å². The third kappa shape index (κ3) is 11.5. The zero-order valence-corrected chi connectivity index (χ0v) is 31.5. The minimum Gasteiger partial charge on any atom is -0.481 e. The predicted molar refractivity (Wildman–Crippen MR) is 203 cm³/mol. The molecule has 3 amide bonds.